The Morgan fingerprint density at radius 1 is 0.775 bits per heavy atom. The van der Waals surface area contributed by atoms with Crippen molar-refractivity contribution in [3.8, 4) is 11.3 Å². The summed E-state index contributed by atoms with van der Waals surface area (Å²) in [5, 5.41) is 3.55. The molecule has 4 aromatic carbocycles. The van der Waals surface area contributed by atoms with E-state index < -0.39 is 18.5 Å². The van der Waals surface area contributed by atoms with E-state index in [-0.39, 0.29) is 17.2 Å². The standard InChI is InChI=1S/C33H27N3O4/c1-36(21-23-12-4-2-5-13-23)31(37)22-40-33(39)26-17-9-11-19-29(26)35-32(38)27-20-30(24-14-6-3-7-15-24)34-28-18-10-8-16-25(27)28/h2-20H,21-22H2,1H3,(H,35,38). The van der Waals surface area contributed by atoms with Crippen LogP contribution in [0.25, 0.3) is 22.2 Å². The Hall–Kier alpha value is -5.30. The third-order valence-corrected chi connectivity index (χ3v) is 6.44. The predicted molar refractivity (Wildman–Crippen MR) is 155 cm³/mol. The molecule has 2 amide bonds. The first kappa shape index (κ1) is 26.3. The molecule has 1 aromatic heterocycles. The van der Waals surface area contributed by atoms with Crippen molar-refractivity contribution in [3.05, 3.63) is 132 Å². The van der Waals surface area contributed by atoms with Crippen molar-refractivity contribution in [3.63, 3.8) is 0 Å². The smallest absolute Gasteiger partial charge is 0.340 e. The Balaban J connectivity index is 1.33. The number of rotatable bonds is 8. The Morgan fingerprint density at radius 2 is 1.43 bits per heavy atom. The van der Waals surface area contributed by atoms with Gasteiger partial charge < -0.3 is 15.0 Å². The maximum Gasteiger partial charge on any atom is 0.340 e. The minimum atomic E-state index is -0.707. The van der Waals surface area contributed by atoms with Gasteiger partial charge in [-0.25, -0.2) is 9.78 Å². The molecule has 40 heavy (non-hydrogen) atoms. The van der Waals surface area contributed by atoms with Gasteiger partial charge in [0.05, 0.1) is 28.0 Å². The van der Waals surface area contributed by atoms with Crippen molar-refractivity contribution in [2.75, 3.05) is 19.0 Å². The highest BCUT2D eigenvalue weighted by Gasteiger charge is 2.20. The summed E-state index contributed by atoms with van der Waals surface area (Å²) in [6.45, 7) is -0.0192. The molecule has 7 nitrogen and oxygen atoms in total. The number of ether oxygens (including phenoxy) is 1. The number of pyridine rings is 1. The second-order valence-corrected chi connectivity index (χ2v) is 9.25. The highest BCUT2D eigenvalue weighted by molar-refractivity contribution is 6.14. The zero-order valence-corrected chi connectivity index (χ0v) is 21.9. The first-order valence-electron chi connectivity index (χ1n) is 12.8. The monoisotopic (exact) mass is 529 g/mol. The number of aromatic nitrogens is 1. The molecule has 1 N–H and O–H groups in total. The number of likely N-dealkylation sites (N-methyl/N-ethyl adjacent to an activating group) is 1. The van der Waals surface area contributed by atoms with Gasteiger partial charge in [0.1, 0.15) is 0 Å². The summed E-state index contributed by atoms with van der Waals surface area (Å²) >= 11 is 0. The molecule has 0 bridgehead atoms. The van der Waals surface area contributed by atoms with Crippen LogP contribution >= 0.6 is 0 Å². The molecule has 0 aliphatic rings. The lowest BCUT2D eigenvalue weighted by Gasteiger charge is -2.17. The molecule has 0 aliphatic carbocycles. The number of anilines is 1. The van der Waals surface area contributed by atoms with Gasteiger partial charge >= 0.3 is 5.97 Å². The van der Waals surface area contributed by atoms with Crippen molar-refractivity contribution in [1.82, 2.24) is 9.88 Å². The van der Waals surface area contributed by atoms with Crippen molar-refractivity contribution < 1.29 is 19.1 Å². The zero-order valence-electron chi connectivity index (χ0n) is 21.9. The van der Waals surface area contributed by atoms with E-state index in [2.05, 4.69) is 5.32 Å². The minimum Gasteiger partial charge on any atom is -0.452 e. The minimum absolute atomic E-state index is 0.149. The van der Waals surface area contributed by atoms with E-state index in [4.69, 9.17) is 9.72 Å². The molecule has 7 heteroatoms. The van der Waals surface area contributed by atoms with Crippen LogP contribution in [0.4, 0.5) is 5.69 Å². The van der Waals surface area contributed by atoms with E-state index in [0.717, 1.165) is 11.1 Å². The first-order valence-corrected chi connectivity index (χ1v) is 12.8. The van der Waals surface area contributed by atoms with Gasteiger partial charge in [-0.15, -0.1) is 0 Å². The first-order chi connectivity index (χ1) is 19.5. The van der Waals surface area contributed by atoms with Crippen molar-refractivity contribution in [2.45, 2.75) is 6.54 Å². The fourth-order valence-electron chi connectivity index (χ4n) is 4.34. The van der Waals surface area contributed by atoms with E-state index in [1.165, 1.54) is 4.90 Å². The molecular formula is C33H27N3O4. The van der Waals surface area contributed by atoms with Crippen LogP contribution in [0, 0.1) is 0 Å². The van der Waals surface area contributed by atoms with Crippen LogP contribution in [0.3, 0.4) is 0 Å². The lowest BCUT2D eigenvalue weighted by Crippen LogP contribution is -2.31. The molecule has 0 spiro atoms. The normalized spacial score (nSPS) is 10.6. The summed E-state index contributed by atoms with van der Waals surface area (Å²) in [5.41, 5.74) is 4.05. The van der Waals surface area contributed by atoms with Crippen LogP contribution in [0.15, 0.2) is 115 Å². The largest absolute Gasteiger partial charge is 0.452 e. The van der Waals surface area contributed by atoms with Gasteiger partial charge in [-0.3, -0.25) is 9.59 Å². The summed E-state index contributed by atoms with van der Waals surface area (Å²) in [7, 11) is 1.65. The molecule has 0 fully saturated rings. The van der Waals surface area contributed by atoms with Crippen LogP contribution in [0.2, 0.25) is 0 Å². The second kappa shape index (κ2) is 12.0. The highest BCUT2D eigenvalue weighted by atomic mass is 16.5. The molecular weight excluding hydrogens is 502 g/mol. The third-order valence-electron chi connectivity index (χ3n) is 6.44. The molecule has 198 valence electrons. The molecule has 5 rings (SSSR count). The number of para-hydroxylation sites is 2. The van der Waals surface area contributed by atoms with Gasteiger partial charge in [0.15, 0.2) is 6.61 Å². The fraction of sp³-hybridized carbons (Fsp3) is 0.0909. The molecule has 0 saturated heterocycles. The molecule has 0 atom stereocenters. The molecule has 0 radical (unpaired) electrons. The number of carbonyl (C=O) groups is 3. The average Bonchev–Trinajstić information content (AvgIpc) is 3.00. The number of carbonyl (C=O) groups excluding carboxylic acids is 3. The fourth-order valence-corrected chi connectivity index (χ4v) is 4.34. The Bertz CT molecular complexity index is 1670. The highest BCUT2D eigenvalue weighted by Crippen LogP contribution is 2.26. The SMILES string of the molecule is CN(Cc1ccccc1)C(=O)COC(=O)c1ccccc1NC(=O)c1cc(-c2ccccc2)nc2ccccc12. The van der Waals surface area contributed by atoms with Gasteiger partial charge in [0, 0.05) is 24.5 Å². The average molecular weight is 530 g/mol. The van der Waals surface area contributed by atoms with E-state index in [0.29, 0.717) is 28.7 Å². The van der Waals surface area contributed by atoms with Gasteiger partial charge in [-0.05, 0) is 29.8 Å². The van der Waals surface area contributed by atoms with E-state index in [1.807, 2.05) is 84.9 Å². The van der Waals surface area contributed by atoms with Crippen LogP contribution < -0.4 is 5.32 Å². The molecule has 0 saturated carbocycles. The van der Waals surface area contributed by atoms with Crippen molar-refractivity contribution in [1.29, 1.82) is 0 Å². The van der Waals surface area contributed by atoms with E-state index in [9.17, 15) is 14.4 Å². The molecule has 0 unspecified atom stereocenters. The van der Waals surface area contributed by atoms with Crippen LogP contribution in [0.1, 0.15) is 26.3 Å². The van der Waals surface area contributed by atoms with Gasteiger partial charge in [0.2, 0.25) is 0 Å². The maximum absolute atomic E-state index is 13.6. The number of nitrogens with zero attached hydrogens (tertiary/aromatic N) is 2. The lowest BCUT2D eigenvalue weighted by molar-refractivity contribution is -0.133. The van der Waals surface area contributed by atoms with Crippen LogP contribution in [-0.4, -0.2) is 41.3 Å². The number of fused-ring (bicyclic) bond motifs is 1. The number of hydrogen-bond donors (Lipinski definition) is 1. The molecule has 0 aliphatic heterocycles. The molecule has 5 aromatic rings. The Kier molecular flexibility index (Phi) is 7.92. The topological polar surface area (TPSA) is 88.6 Å². The van der Waals surface area contributed by atoms with Crippen molar-refractivity contribution in [2.24, 2.45) is 0 Å². The van der Waals surface area contributed by atoms with Crippen LogP contribution in [-0.2, 0) is 16.1 Å². The van der Waals surface area contributed by atoms with E-state index >= 15 is 0 Å². The van der Waals surface area contributed by atoms with Crippen molar-refractivity contribution >= 4 is 34.4 Å². The predicted octanol–water partition coefficient (Wildman–Crippen LogP) is 5.97. The molecule has 1 heterocycles. The van der Waals surface area contributed by atoms with Gasteiger partial charge in [-0.1, -0.05) is 91.0 Å². The maximum atomic E-state index is 13.6. The zero-order chi connectivity index (χ0) is 27.9. The number of benzene rings is 4. The number of nitrogens with one attached hydrogen (secondary N) is 1. The van der Waals surface area contributed by atoms with Gasteiger partial charge in [0.25, 0.3) is 11.8 Å². The summed E-state index contributed by atoms with van der Waals surface area (Å²) in [5.74, 6) is -1.44. The summed E-state index contributed by atoms with van der Waals surface area (Å²) in [6, 6.07) is 34.9. The second-order valence-electron chi connectivity index (χ2n) is 9.25. The number of amides is 2. The summed E-state index contributed by atoms with van der Waals surface area (Å²) < 4.78 is 5.33. The summed E-state index contributed by atoms with van der Waals surface area (Å²) in [4.78, 5) is 45.3. The quantitative estimate of drug-likeness (QED) is 0.250. The van der Waals surface area contributed by atoms with Gasteiger partial charge in [-0.2, -0.15) is 0 Å². The summed E-state index contributed by atoms with van der Waals surface area (Å²) in [6.07, 6.45) is 0. The third kappa shape index (κ3) is 6.05. The number of hydrogen-bond acceptors (Lipinski definition) is 5. The Labute approximate surface area is 232 Å². The lowest BCUT2D eigenvalue weighted by atomic mass is 10.0. The van der Waals surface area contributed by atoms with E-state index in [1.54, 1.807) is 37.4 Å². The number of esters is 1. The van der Waals surface area contributed by atoms with Crippen LogP contribution in [0.5, 0.6) is 0 Å². The Morgan fingerprint density at radius 3 is 2.20 bits per heavy atom.